The average Bonchev–Trinajstić information content (AvgIpc) is 2.59. The van der Waals surface area contributed by atoms with Crippen LogP contribution in [0.4, 0.5) is 13.2 Å². The lowest BCUT2D eigenvalue weighted by Gasteiger charge is -2.19. The zero-order valence-corrected chi connectivity index (χ0v) is 8.87. The number of hydrogen-bond donors (Lipinski definition) is 2. The van der Waals surface area contributed by atoms with Gasteiger partial charge in [0.15, 0.2) is 0 Å². The van der Waals surface area contributed by atoms with E-state index in [0.717, 1.165) is 4.90 Å². The molecule has 0 aliphatic carbocycles. The van der Waals surface area contributed by atoms with Gasteiger partial charge in [0.05, 0.1) is 12.0 Å². The molecule has 0 aromatic heterocycles. The van der Waals surface area contributed by atoms with E-state index in [4.69, 9.17) is 10.8 Å². The smallest absolute Gasteiger partial charge is 0.393 e. The first-order valence-electron chi connectivity index (χ1n) is 4.99. The lowest BCUT2D eigenvalue weighted by Crippen LogP contribution is -2.41. The number of hydrogen-bond acceptors (Lipinski definition) is 3. The minimum absolute atomic E-state index is 0.0823. The van der Waals surface area contributed by atoms with Gasteiger partial charge in [0.1, 0.15) is 0 Å². The highest BCUT2D eigenvalue weighted by atomic mass is 19.4. The van der Waals surface area contributed by atoms with Gasteiger partial charge < -0.3 is 15.7 Å². The normalized spacial score (nSPS) is 28.2. The molecule has 1 aliphatic rings. The van der Waals surface area contributed by atoms with E-state index < -0.39 is 43.1 Å². The molecule has 1 fully saturated rings. The molecular weight excluding hydrogens is 225 g/mol. The highest BCUT2D eigenvalue weighted by molar-refractivity contribution is 5.81. The summed E-state index contributed by atoms with van der Waals surface area (Å²) in [6.45, 7) is 0.361. The maximum Gasteiger partial charge on any atom is 0.393 e. The number of carbonyl (C=O) groups excluding carboxylic acids is 1. The van der Waals surface area contributed by atoms with Gasteiger partial charge in [-0.3, -0.25) is 4.79 Å². The number of carbonyl (C=O) groups is 1. The first-order valence-corrected chi connectivity index (χ1v) is 4.99. The van der Waals surface area contributed by atoms with Gasteiger partial charge in [0, 0.05) is 25.6 Å². The van der Waals surface area contributed by atoms with E-state index in [-0.39, 0.29) is 6.54 Å². The molecule has 3 N–H and O–H groups in total. The molecule has 1 saturated heterocycles. The Morgan fingerprint density at radius 2 is 2.12 bits per heavy atom. The standard InChI is InChI=1S/C9H15F3N2O2/c1-5(13)8(16)14-2-6(4-15)7(3-14)9(10,11)12/h5-7,15H,2-4,13H2,1H3/t5-,6-,7+/m0/s1. The Balaban J connectivity index is 2.74. The van der Waals surface area contributed by atoms with Crippen LogP contribution in [-0.4, -0.2) is 47.8 Å². The molecule has 1 rings (SSSR count). The number of aliphatic hydroxyl groups excluding tert-OH is 1. The first kappa shape index (κ1) is 13.2. The molecule has 0 aromatic rings. The summed E-state index contributed by atoms with van der Waals surface area (Å²) in [5.41, 5.74) is 5.32. The van der Waals surface area contributed by atoms with E-state index in [0.29, 0.717) is 0 Å². The topological polar surface area (TPSA) is 66.6 Å². The van der Waals surface area contributed by atoms with Crippen LogP contribution in [0, 0.1) is 11.8 Å². The second-order valence-electron chi connectivity index (χ2n) is 4.12. The van der Waals surface area contributed by atoms with Crippen LogP contribution < -0.4 is 5.73 Å². The van der Waals surface area contributed by atoms with Crippen LogP contribution in [0.15, 0.2) is 0 Å². The van der Waals surface area contributed by atoms with Crippen molar-refractivity contribution in [2.75, 3.05) is 19.7 Å². The highest BCUT2D eigenvalue weighted by Gasteiger charge is 2.50. The summed E-state index contributed by atoms with van der Waals surface area (Å²) in [6.07, 6.45) is -4.39. The number of nitrogens with zero attached hydrogens (tertiary/aromatic N) is 1. The number of amides is 1. The van der Waals surface area contributed by atoms with Gasteiger partial charge in [0.25, 0.3) is 0 Å². The molecule has 0 aromatic carbocycles. The summed E-state index contributed by atoms with van der Waals surface area (Å²) >= 11 is 0. The SMILES string of the molecule is C[C@H](N)C(=O)N1C[C@@H](CO)[C@H](C(F)(F)F)C1. The summed E-state index contributed by atoms with van der Waals surface area (Å²) in [6, 6.07) is -0.814. The van der Waals surface area contributed by atoms with Crippen molar-refractivity contribution in [2.24, 2.45) is 17.6 Å². The Morgan fingerprint density at radius 1 is 1.56 bits per heavy atom. The van der Waals surface area contributed by atoms with Crippen molar-refractivity contribution in [3.8, 4) is 0 Å². The Bertz CT molecular complexity index is 268. The third kappa shape index (κ3) is 2.65. The molecule has 3 atom stereocenters. The monoisotopic (exact) mass is 240 g/mol. The number of nitrogens with two attached hydrogens (primary N) is 1. The molecule has 0 unspecified atom stereocenters. The fourth-order valence-corrected chi connectivity index (χ4v) is 1.90. The van der Waals surface area contributed by atoms with Crippen LogP contribution in [0.3, 0.4) is 0 Å². The molecule has 7 heteroatoms. The minimum atomic E-state index is -4.39. The molecule has 0 spiro atoms. The van der Waals surface area contributed by atoms with Crippen molar-refractivity contribution in [3.05, 3.63) is 0 Å². The second kappa shape index (κ2) is 4.58. The maximum absolute atomic E-state index is 12.6. The number of rotatable bonds is 2. The fraction of sp³-hybridized carbons (Fsp3) is 0.889. The molecule has 0 saturated carbocycles. The summed E-state index contributed by atoms with van der Waals surface area (Å²) in [7, 11) is 0. The van der Waals surface area contributed by atoms with Crippen molar-refractivity contribution in [3.63, 3.8) is 0 Å². The van der Waals surface area contributed by atoms with Gasteiger partial charge in [-0.1, -0.05) is 0 Å². The van der Waals surface area contributed by atoms with Gasteiger partial charge in [0.2, 0.25) is 5.91 Å². The molecule has 4 nitrogen and oxygen atoms in total. The molecule has 0 bridgehead atoms. The predicted octanol–water partition coefficient (Wildman–Crippen LogP) is -0.0372. The van der Waals surface area contributed by atoms with E-state index in [9.17, 15) is 18.0 Å². The van der Waals surface area contributed by atoms with Gasteiger partial charge >= 0.3 is 6.18 Å². The van der Waals surface area contributed by atoms with E-state index >= 15 is 0 Å². The van der Waals surface area contributed by atoms with Crippen LogP contribution in [0.5, 0.6) is 0 Å². The maximum atomic E-state index is 12.6. The summed E-state index contributed by atoms with van der Waals surface area (Å²) in [4.78, 5) is 12.5. The van der Waals surface area contributed by atoms with Gasteiger partial charge in [-0.2, -0.15) is 13.2 Å². The molecule has 1 amide bonds. The third-order valence-corrected chi connectivity index (χ3v) is 2.80. The van der Waals surface area contributed by atoms with Gasteiger partial charge in [-0.05, 0) is 6.92 Å². The van der Waals surface area contributed by atoms with E-state index in [1.807, 2.05) is 0 Å². The van der Waals surface area contributed by atoms with Crippen molar-refractivity contribution >= 4 is 5.91 Å². The Hall–Kier alpha value is -0.820. The molecule has 1 aliphatic heterocycles. The second-order valence-corrected chi connectivity index (χ2v) is 4.12. The lowest BCUT2D eigenvalue weighted by molar-refractivity contribution is -0.183. The average molecular weight is 240 g/mol. The lowest BCUT2D eigenvalue weighted by atomic mass is 9.97. The molecule has 16 heavy (non-hydrogen) atoms. The third-order valence-electron chi connectivity index (χ3n) is 2.80. The van der Waals surface area contributed by atoms with Crippen LogP contribution in [0.2, 0.25) is 0 Å². The summed E-state index contributed by atoms with van der Waals surface area (Å²) in [5.74, 6) is -3.10. The molecule has 94 valence electrons. The quantitative estimate of drug-likeness (QED) is 0.712. The van der Waals surface area contributed by atoms with Crippen LogP contribution >= 0.6 is 0 Å². The van der Waals surface area contributed by atoms with Gasteiger partial charge in [-0.25, -0.2) is 0 Å². The highest BCUT2D eigenvalue weighted by Crippen LogP contribution is 2.37. The Kier molecular flexibility index (Phi) is 3.80. The van der Waals surface area contributed by atoms with Crippen molar-refractivity contribution in [1.82, 2.24) is 4.90 Å². The Morgan fingerprint density at radius 3 is 2.44 bits per heavy atom. The summed E-state index contributed by atoms with van der Waals surface area (Å²) in [5, 5.41) is 8.87. The van der Waals surface area contributed by atoms with Crippen LogP contribution in [0.1, 0.15) is 6.92 Å². The van der Waals surface area contributed by atoms with Crippen molar-refractivity contribution in [2.45, 2.75) is 19.1 Å². The van der Waals surface area contributed by atoms with Crippen LogP contribution in [0.25, 0.3) is 0 Å². The molecule has 1 heterocycles. The zero-order valence-electron chi connectivity index (χ0n) is 8.87. The van der Waals surface area contributed by atoms with Crippen LogP contribution in [-0.2, 0) is 4.79 Å². The fourth-order valence-electron chi connectivity index (χ4n) is 1.90. The van der Waals surface area contributed by atoms with E-state index in [2.05, 4.69) is 0 Å². The minimum Gasteiger partial charge on any atom is -0.396 e. The number of likely N-dealkylation sites (tertiary alicyclic amines) is 1. The summed E-state index contributed by atoms with van der Waals surface area (Å²) < 4.78 is 37.7. The number of aliphatic hydroxyl groups is 1. The Labute approximate surface area is 91.2 Å². The molecular formula is C9H15F3N2O2. The first-order chi connectivity index (χ1) is 7.27. The van der Waals surface area contributed by atoms with Crippen molar-refractivity contribution in [1.29, 1.82) is 0 Å². The van der Waals surface area contributed by atoms with E-state index in [1.54, 1.807) is 0 Å². The largest absolute Gasteiger partial charge is 0.396 e. The van der Waals surface area contributed by atoms with E-state index in [1.165, 1.54) is 6.92 Å². The van der Waals surface area contributed by atoms with Crippen molar-refractivity contribution < 1.29 is 23.1 Å². The predicted molar refractivity (Wildman–Crippen MR) is 50.4 cm³/mol. The molecule has 0 radical (unpaired) electrons. The van der Waals surface area contributed by atoms with Gasteiger partial charge in [-0.15, -0.1) is 0 Å². The number of halogens is 3. The zero-order chi connectivity index (χ0) is 12.5. The number of alkyl halides is 3.